The molecule has 0 aromatic heterocycles. The van der Waals surface area contributed by atoms with Crippen molar-refractivity contribution in [3.63, 3.8) is 0 Å². The van der Waals surface area contributed by atoms with Crippen molar-refractivity contribution in [3.8, 4) is 0 Å². The van der Waals surface area contributed by atoms with E-state index >= 15 is 4.79 Å². The molecule has 1 aliphatic carbocycles. The predicted molar refractivity (Wildman–Crippen MR) is 188 cm³/mol. The summed E-state index contributed by atoms with van der Waals surface area (Å²) >= 11 is 0. The van der Waals surface area contributed by atoms with Crippen LogP contribution in [0.25, 0.3) is 0 Å². The van der Waals surface area contributed by atoms with Crippen molar-refractivity contribution in [1.82, 2.24) is 0 Å². The van der Waals surface area contributed by atoms with E-state index in [4.69, 9.17) is 4.43 Å². The molecule has 10 heteroatoms. The third kappa shape index (κ3) is 7.42. The molecule has 2 nitrogen and oxygen atoms in total. The van der Waals surface area contributed by atoms with Gasteiger partial charge in [0.25, 0.3) is 0 Å². The molecule has 0 N–H and O–H groups in total. The zero-order valence-corrected chi connectivity index (χ0v) is 35.8. The number of carbonyl (C=O) groups excluding carboxylic acids is 1. The van der Waals surface area contributed by atoms with Crippen LogP contribution in [0, 0.1) is 11.8 Å². The summed E-state index contributed by atoms with van der Waals surface area (Å²) in [6.07, 6.45) is 4.85. The van der Waals surface area contributed by atoms with E-state index in [0.29, 0.717) is 5.92 Å². The first-order valence-corrected chi connectivity index (χ1v) is 44.0. The summed E-state index contributed by atoms with van der Waals surface area (Å²) in [6, 6.07) is 0. The van der Waals surface area contributed by atoms with Crippen LogP contribution in [0.4, 0.5) is 0 Å². The second-order valence-electron chi connectivity index (χ2n) is 17.8. The van der Waals surface area contributed by atoms with Crippen molar-refractivity contribution in [1.29, 1.82) is 0 Å². The van der Waals surface area contributed by atoms with Crippen molar-refractivity contribution in [2.75, 3.05) is 0 Å². The van der Waals surface area contributed by atoms with Crippen LogP contribution in [-0.4, -0.2) is 71.1 Å². The van der Waals surface area contributed by atoms with Crippen LogP contribution in [0.15, 0.2) is 0 Å². The fourth-order valence-corrected chi connectivity index (χ4v) is 148. The molecule has 0 aliphatic heterocycles. The quantitative estimate of drug-likeness (QED) is 0.226. The molecule has 0 heterocycles. The summed E-state index contributed by atoms with van der Waals surface area (Å²) in [5.74, 6) is 0.649. The fourth-order valence-electron chi connectivity index (χ4n) is 9.03. The lowest BCUT2D eigenvalue weighted by Crippen LogP contribution is -2.87. The highest BCUT2D eigenvalue weighted by atomic mass is 29.9. The summed E-state index contributed by atoms with van der Waals surface area (Å²) in [5, 5.41) is 2.40. The topological polar surface area (TPSA) is 26.3 Å². The standard InChI is InChI=1S/C26H64O2Si8/c1-30(2,3)28-26(29(31(4,5)6)32(7,8)9)24-22-20-19-21-23(24)25(27)36(33(10,11)12,34(13,14)15)35(16,17)18/h23-24H,19-22H2,1-18H3/t23-,24-/m1/s1. The van der Waals surface area contributed by atoms with Gasteiger partial charge in [-0.2, -0.15) is 0 Å². The van der Waals surface area contributed by atoms with E-state index in [1.807, 2.05) is 0 Å². The second kappa shape index (κ2) is 11.2. The summed E-state index contributed by atoms with van der Waals surface area (Å²) < 4.78 is 7.31. The molecule has 1 aliphatic rings. The Hall–Kier alpha value is 1.08. The number of hydrogen-bond donors (Lipinski definition) is 0. The van der Waals surface area contributed by atoms with E-state index in [1.54, 1.807) is 5.35 Å². The van der Waals surface area contributed by atoms with Gasteiger partial charge in [0.05, 0.1) is 15.2 Å². The van der Waals surface area contributed by atoms with E-state index in [9.17, 15) is 0 Å². The van der Waals surface area contributed by atoms with E-state index in [0.717, 1.165) is 11.8 Å². The highest BCUT2D eigenvalue weighted by Gasteiger charge is 2.67. The molecule has 212 valence electrons. The molecule has 2 atom stereocenters. The molecule has 0 unspecified atom stereocenters. The minimum absolute atomic E-state index is 0.245. The van der Waals surface area contributed by atoms with Crippen molar-refractivity contribution < 1.29 is 9.22 Å². The van der Waals surface area contributed by atoms with E-state index < -0.39 is 60.3 Å². The van der Waals surface area contributed by atoms with Gasteiger partial charge in [-0.05, 0) is 32.5 Å². The largest absolute Gasteiger partial charge is 0.552 e. The SMILES string of the molecule is C[Si](C)(C)OC([C@@H]1CCCC[C@H]1C(=O)[Si]([Si](C)(C)C)([Si](C)(C)C)[Si](C)(C)C)=[Si]([Si](C)(C)C)[Si](C)(C)C. The number of carbonyl (C=O) groups is 1. The number of rotatable bonds is 10. The normalized spacial score (nSPS) is 21.3. The van der Waals surface area contributed by atoms with Gasteiger partial charge in [-0.1, -0.05) is 111 Å². The monoisotopic (exact) mass is 632 g/mol. The Kier molecular flexibility index (Phi) is 10.9. The second-order valence-corrected chi connectivity index (χ2v) is 86.2. The van der Waals surface area contributed by atoms with Crippen molar-refractivity contribution >= 4 is 71.1 Å². The van der Waals surface area contributed by atoms with Gasteiger partial charge in [-0.25, -0.2) is 0 Å². The van der Waals surface area contributed by atoms with E-state index in [1.165, 1.54) is 19.3 Å². The van der Waals surface area contributed by atoms with Gasteiger partial charge in [0.15, 0.2) is 0 Å². The molecular formula is C26H64O2Si8. The molecule has 0 bridgehead atoms. The van der Waals surface area contributed by atoms with Crippen molar-refractivity contribution in [3.05, 3.63) is 0 Å². The summed E-state index contributed by atoms with van der Waals surface area (Å²) in [5.41, 5.74) is 0. The molecule has 0 radical (unpaired) electrons. The third-order valence-electron chi connectivity index (χ3n) is 8.35. The highest BCUT2D eigenvalue weighted by molar-refractivity contribution is 7.96. The Labute approximate surface area is 234 Å². The first kappa shape index (κ1) is 35.1. The van der Waals surface area contributed by atoms with E-state index in [2.05, 4.69) is 118 Å². The molecule has 0 aromatic carbocycles. The van der Waals surface area contributed by atoms with Gasteiger partial charge in [0.2, 0.25) is 8.32 Å². The van der Waals surface area contributed by atoms with Gasteiger partial charge in [-0.3, -0.25) is 0 Å². The molecule has 36 heavy (non-hydrogen) atoms. The first-order valence-electron chi connectivity index (χ1n) is 14.6. The highest BCUT2D eigenvalue weighted by Crippen LogP contribution is 2.44. The fraction of sp³-hybridized carbons (Fsp3) is 0.923. The molecule has 1 fully saturated rings. The van der Waals surface area contributed by atoms with Gasteiger partial charge in [-0.15, -0.1) is 0 Å². The van der Waals surface area contributed by atoms with Crippen LogP contribution in [0.1, 0.15) is 25.7 Å². The lowest BCUT2D eigenvalue weighted by Gasteiger charge is -2.57. The Morgan fingerprint density at radius 2 is 0.917 bits per heavy atom. The van der Waals surface area contributed by atoms with Gasteiger partial charge >= 0.3 is 0 Å². The van der Waals surface area contributed by atoms with Gasteiger partial charge in [0.1, 0.15) is 12.0 Å². The molecule has 1 rings (SSSR count). The maximum absolute atomic E-state index is 15.5. The Bertz CT molecular complexity index is 773. The predicted octanol–water partition coefficient (Wildman–Crippen LogP) is 8.49. The van der Waals surface area contributed by atoms with Gasteiger partial charge in [0, 0.05) is 47.4 Å². The number of hydrogen-bond acceptors (Lipinski definition) is 2. The summed E-state index contributed by atoms with van der Waals surface area (Å²) in [4.78, 5) is 15.5. The first-order chi connectivity index (χ1) is 15.6. The molecule has 0 amide bonds. The van der Waals surface area contributed by atoms with Crippen LogP contribution in [-0.2, 0) is 9.22 Å². The minimum Gasteiger partial charge on any atom is -0.552 e. The van der Waals surface area contributed by atoms with E-state index in [-0.39, 0.29) is 5.92 Å². The minimum atomic E-state index is -2.11. The van der Waals surface area contributed by atoms with Crippen molar-refractivity contribution in [2.24, 2.45) is 11.8 Å². The summed E-state index contributed by atoms with van der Waals surface area (Å²) in [6.45, 7) is 44.0. The van der Waals surface area contributed by atoms with Crippen LogP contribution in [0.2, 0.25) is 118 Å². The zero-order valence-electron chi connectivity index (χ0n) is 27.8. The van der Waals surface area contributed by atoms with Crippen molar-refractivity contribution in [2.45, 2.75) is 144 Å². The molecule has 0 aromatic rings. The average molecular weight is 633 g/mol. The molecule has 0 spiro atoms. The molecule has 0 saturated heterocycles. The Morgan fingerprint density at radius 1 is 0.583 bits per heavy atom. The zero-order chi connectivity index (χ0) is 28.9. The maximum atomic E-state index is 15.5. The Morgan fingerprint density at radius 3 is 1.19 bits per heavy atom. The Balaban J connectivity index is 4.09. The van der Waals surface area contributed by atoms with Crippen LogP contribution >= 0.6 is 0 Å². The van der Waals surface area contributed by atoms with Crippen LogP contribution in [0.5, 0.6) is 0 Å². The lowest BCUT2D eigenvalue weighted by atomic mass is 9.80. The van der Waals surface area contributed by atoms with Crippen LogP contribution in [0.3, 0.4) is 0 Å². The molecular weight excluding hydrogens is 569 g/mol. The smallest absolute Gasteiger partial charge is 0.241 e. The third-order valence-corrected chi connectivity index (χ3v) is 108. The van der Waals surface area contributed by atoms with Crippen LogP contribution < -0.4 is 0 Å². The van der Waals surface area contributed by atoms with Gasteiger partial charge < -0.3 is 9.22 Å². The summed E-state index contributed by atoms with van der Waals surface area (Å²) in [7, 11) is -10.4. The molecule has 1 saturated carbocycles. The lowest BCUT2D eigenvalue weighted by molar-refractivity contribution is -0.117. The maximum Gasteiger partial charge on any atom is 0.241 e. The average Bonchev–Trinajstić information content (AvgIpc) is 2.53.